The van der Waals surface area contributed by atoms with Crippen molar-refractivity contribution in [1.82, 2.24) is 5.32 Å². The van der Waals surface area contributed by atoms with Crippen LogP contribution in [0.4, 0.5) is 5.69 Å². The fourth-order valence-electron chi connectivity index (χ4n) is 3.95. The molecular weight excluding hydrogens is 392 g/mol. The molecule has 0 aromatic heterocycles. The molecule has 2 amide bonds. The first-order valence-corrected chi connectivity index (χ1v) is 10.8. The monoisotopic (exact) mass is 420 g/mol. The highest BCUT2D eigenvalue weighted by atomic mass is 16.6. The van der Waals surface area contributed by atoms with E-state index in [1.807, 2.05) is 42.5 Å². The first-order valence-electron chi connectivity index (χ1n) is 10.8. The fraction of sp³-hybridized carbons (Fsp3) is 0.360. The minimum absolute atomic E-state index is 0.142. The van der Waals surface area contributed by atoms with Crippen LogP contribution in [0.25, 0.3) is 6.08 Å². The standard InChI is InChI=1S/C25H28N2O4/c1-17(2)25(19-8-11-21-22(16-19)31-15-14-30-21)26-23(28)12-7-18-5-9-20(10-6-18)27-13-3-4-24(27)29/h5-12,16-17,25H,3-4,13-15H2,1-2H3,(H,26,28)/b12-7+. The van der Waals surface area contributed by atoms with Gasteiger partial charge >= 0.3 is 0 Å². The molecule has 2 aliphatic rings. The molecule has 0 radical (unpaired) electrons. The maximum Gasteiger partial charge on any atom is 0.244 e. The normalized spacial score (nSPS) is 16.7. The summed E-state index contributed by atoms with van der Waals surface area (Å²) in [4.78, 5) is 26.3. The SMILES string of the molecule is CC(C)C(NC(=O)/C=C/c1ccc(N2CCCC2=O)cc1)c1ccc2c(c1)OCCO2. The van der Waals surface area contributed by atoms with Crippen molar-refractivity contribution in [1.29, 1.82) is 0 Å². The van der Waals surface area contributed by atoms with Gasteiger partial charge in [0.25, 0.3) is 0 Å². The van der Waals surface area contributed by atoms with E-state index in [9.17, 15) is 9.59 Å². The Morgan fingerprint density at radius 3 is 2.48 bits per heavy atom. The highest BCUT2D eigenvalue weighted by Gasteiger charge is 2.22. The van der Waals surface area contributed by atoms with E-state index in [1.54, 1.807) is 17.1 Å². The van der Waals surface area contributed by atoms with Crippen LogP contribution >= 0.6 is 0 Å². The van der Waals surface area contributed by atoms with Gasteiger partial charge in [0.15, 0.2) is 11.5 Å². The van der Waals surface area contributed by atoms with Crippen LogP contribution in [0, 0.1) is 5.92 Å². The minimum Gasteiger partial charge on any atom is -0.486 e. The molecule has 1 N–H and O–H groups in total. The molecule has 2 aromatic rings. The summed E-state index contributed by atoms with van der Waals surface area (Å²) in [5.74, 6) is 1.67. The molecule has 31 heavy (non-hydrogen) atoms. The Balaban J connectivity index is 1.41. The van der Waals surface area contributed by atoms with E-state index >= 15 is 0 Å². The molecule has 162 valence electrons. The molecule has 0 bridgehead atoms. The molecule has 2 heterocycles. The average molecular weight is 421 g/mol. The summed E-state index contributed by atoms with van der Waals surface area (Å²) in [5, 5.41) is 3.10. The molecule has 0 aliphatic carbocycles. The van der Waals surface area contributed by atoms with Gasteiger partial charge in [-0.1, -0.05) is 32.0 Å². The van der Waals surface area contributed by atoms with Crippen molar-refractivity contribution in [3.63, 3.8) is 0 Å². The van der Waals surface area contributed by atoms with Crippen molar-refractivity contribution < 1.29 is 19.1 Å². The van der Waals surface area contributed by atoms with Gasteiger partial charge in [0, 0.05) is 24.7 Å². The van der Waals surface area contributed by atoms with Crippen LogP contribution in [0.1, 0.15) is 43.9 Å². The first-order chi connectivity index (χ1) is 15.0. The molecule has 6 nitrogen and oxygen atoms in total. The van der Waals surface area contributed by atoms with Crippen LogP contribution in [0.3, 0.4) is 0 Å². The maximum absolute atomic E-state index is 12.6. The molecule has 0 spiro atoms. The number of anilines is 1. The number of fused-ring (bicyclic) bond motifs is 1. The third-order valence-corrected chi connectivity index (χ3v) is 5.60. The Bertz CT molecular complexity index is 982. The zero-order valence-corrected chi connectivity index (χ0v) is 18.0. The van der Waals surface area contributed by atoms with Gasteiger partial charge in [0.1, 0.15) is 13.2 Å². The number of carbonyl (C=O) groups is 2. The fourth-order valence-corrected chi connectivity index (χ4v) is 3.95. The summed E-state index contributed by atoms with van der Waals surface area (Å²) in [6.07, 6.45) is 4.85. The van der Waals surface area contributed by atoms with Gasteiger partial charge in [-0.3, -0.25) is 9.59 Å². The average Bonchev–Trinajstić information content (AvgIpc) is 3.21. The van der Waals surface area contributed by atoms with Crippen molar-refractivity contribution in [3.05, 3.63) is 59.7 Å². The number of carbonyl (C=O) groups excluding carboxylic acids is 2. The Morgan fingerprint density at radius 1 is 1.06 bits per heavy atom. The smallest absolute Gasteiger partial charge is 0.244 e. The van der Waals surface area contributed by atoms with E-state index in [4.69, 9.17) is 9.47 Å². The zero-order valence-electron chi connectivity index (χ0n) is 18.0. The van der Waals surface area contributed by atoms with Gasteiger partial charge in [-0.2, -0.15) is 0 Å². The topological polar surface area (TPSA) is 67.9 Å². The van der Waals surface area contributed by atoms with E-state index in [-0.39, 0.29) is 23.8 Å². The Morgan fingerprint density at radius 2 is 1.81 bits per heavy atom. The lowest BCUT2D eigenvalue weighted by Gasteiger charge is -2.25. The highest BCUT2D eigenvalue weighted by molar-refractivity contribution is 5.95. The molecule has 0 saturated carbocycles. The summed E-state index contributed by atoms with van der Waals surface area (Å²) < 4.78 is 11.3. The highest BCUT2D eigenvalue weighted by Crippen LogP contribution is 2.34. The van der Waals surface area contributed by atoms with Gasteiger partial charge in [-0.05, 0) is 53.8 Å². The molecular formula is C25H28N2O4. The predicted octanol–water partition coefficient (Wildman–Crippen LogP) is 4.11. The van der Waals surface area contributed by atoms with Gasteiger partial charge in [-0.15, -0.1) is 0 Å². The van der Waals surface area contributed by atoms with E-state index in [0.717, 1.165) is 41.3 Å². The second-order valence-corrected chi connectivity index (χ2v) is 8.21. The number of hydrogen-bond donors (Lipinski definition) is 1. The number of nitrogens with one attached hydrogen (secondary N) is 1. The van der Waals surface area contributed by atoms with Crippen LogP contribution in [0.15, 0.2) is 48.5 Å². The van der Waals surface area contributed by atoms with E-state index in [2.05, 4.69) is 19.2 Å². The lowest BCUT2D eigenvalue weighted by atomic mass is 9.95. The third kappa shape index (κ3) is 4.90. The minimum atomic E-state index is -0.160. The molecule has 2 aromatic carbocycles. The summed E-state index contributed by atoms with van der Waals surface area (Å²) in [6.45, 7) is 6.00. The van der Waals surface area contributed by atoms with Crippen molar-refractivity contribution >= 4 is 23.6 Å². The Labute approximate surface area is 182 Å². The lowest BCUT2D eigenvalue weighted by Crippen LogP contribution is -2.30. The number of ether oxygens (including phenoxy) is 2. The van der Waals surface area contributed by atoms with Gasteiger partial charge in [0.05, 0.1) is 6.04 Å². The predicted molar refractivity (Wildman–Crippen MR) is 120 cm³/mol. The van der Waals surface area contributed by atoms with Crippen molar-refractivity contribution in [3.8, 4) is 11.5 Å². The van der Waals surface area contributed by atoms with Crippen LogP contribution in [0.2, 0.25) is 0 Å². The summed E-state index contributed by atoms with van der Waals surface area (Å²) in [7, 11) is 0. The van der Waals surface area contributed by atoms with E-state index in [0.29, 0.717) is 19.6 Å². The van der Waals surface area contributed by atoms with Gasteiger partial charge in [0.2, 0.25) is 11.8 Å². The van der Waals surface area contributed by atoms with Crippen LogP contribution in [-0.4, -0.2) is 31.6 Å². The van der Waals surface area contributed by atoms with E-state index in [1.165, 1.54) is 0 Å². The largest absolute Gasteiger partial charge is 0.486 e. The molecule has 4 rings (SSSR count). The molecule has 1 unspecified atom stereocenters. The summed E-state index contributed by atoms with van der Waals surface area (Å²) in [5.41, 5.74) is 2.80. The van der Waals surface area contributed by atoms with Crippen molar-refractivity contribution in [2.45, 2.75) is 32.7 Å². The summed E-state index contributed by atoms with van der Waals surface area (Å²) in [6, 6.07) is 13.4. The third-order valence-electron chi connectivity index (χ3n) is 5.60. The second-order valence-electron chi connectivity index (χ2n) is 8.21. The van der Waals surface area contributed by atoms with Crippen LogP contribution in [-0.2, 0) is 9.59 Å². The molecule has 1 saturated heterocycles. The Hall–Kier alpha value is -3.28. The van der Waals surface area contributed by atoms with Crippen LogP contribution in [0.5, 0.6) is 11.5 Å². The van der Waals surface area contributed by atoms with Gasteiger partial charge < -0.3 is 19.7 Å². The van der Waals surface area contributed by atoms with Crippen LogP contribution < -0.4 is 19.7 Å². The van der Waals surface area contributed by atoms with E-state index < -0.39 is 0 Å². The molecule has 1 atom stereocenters. The molecule has 2 aliphatic heterocycles. The second kappa shape index (κ2) is 9.25. The summed E-state index contributed by atoms with van der Waals surface area (Å²) >= 11 is 0. The first kappa shape index (κ1) is 21.0. The lowest BCUT2D eigenvalue weighted by molar-refractivity contribution is -0.118. The quantitative estimate of drug-likeness (QED) is 0.714. The number of nitrogens with zero attached hydrogens (tertiary/aromatic N) is 1. The van der Waals surface area contributed by atoms with Crippen molar-refractivity contribution in [2.75, 3.05) is 24.7 Å². The molecule has 6 heteroatoms. The number of hydrogen-bond acceptors (Lipinski definition) is 4. The maximum atomic E-state index is 12.6. The Kier molecular flexibility index (Phi) is 6.26. The number of benzene rings is 2. The number of amides is 2. The molecule has 1 fully saturated rings. The van der Waals surface area contributed by atoms with Crippen molar-refractivity contribution in [2.24, 2.45) is 5.92 Å². The van der Waals surface area contributed by atoms with Gasteiger partial charge in [-0.25, -0.2) is 0 Å². The number of rotatable bonds is 6. The zero-order chi connectivity index (χ0) is 21.8.